The number of benzene rings is 1. The van der Waals surface area contributed by atoms with Gasteiger partial charge in [-0.05, 0) is 63.6 Å². The van der Waals surface area contributed by atoms with Gasteiger partial charge in [-0.25, -0.2) is 0 Å². The molecule has 0 aliphatic carbocycles. The number of rotatable bonds is 5. The first-order valence-electron chi connectivity index (χ1n) is 9.39. The Labute approximate surface area is 148 Å². The van der Waals surface area contributed by atoms with E-state index in [2.05, 4.69) is 79.1 Å². The van der Waals surface area contributed by atoms with Crippen molar-refractivity contribution in [3.8, 4) is 11.1 Å². The van der Waals surface area contributed by atoms with Gasteiger partial charge in [-0.3, -0.25) is 4.68 Å². The molecule has 1 unspecified atom stereocenters. The zero-order valence-electron chi connectivity index (χ0n) is 17.0. The van der Waals surface area contributed by atoms with Crippen LogP contribution < -0.4 is 0 Å². The second-order valence-electron chi connectivity index (χ2n) is 7.92. The highest BCUT2D eigenvalue weighted by Gasteiger charge is 2.27. The smallest absolute Gasteiger partial charge is 0.0734 e. The summed E-state index contributed by atoms with van der Waals surface area (Å²) in [5, 5.41) is 5.10. The van der Waals surface area contributed by atoms with E-state index in [1.165, 1.54) is 39.2 Å². The molecule has 2 heteroatoms. The predicted octanol–water partition coefficient (Wildman–Crippen LogP) is 6.69. The van der Waals surface area contributed by atoms with Gasteiger partial charge < -0.3 is 0 Å². The Morgan fingerprint density at radius 2 is 1.46 bits per heavy atom. The van der Waals surface area contributed by atoms with E-state index in [9.17, 15) is 0 Å². The fourth-order valence-corrected chi connectivity index (χ4v) is 3.78. The number of hydrogen-bond acceptors (Lipinski definition) is 1. The molecule has 2 rings (SSSR count). The van der Waals surface area contributed by atoms with Crippen molar-refractivity contribution in [3.05, 3.63) is 40.2 Å². The van der Waals surface area contributed by atoms with Crippen molar-refractivity contribution in [2.75, 3.05) is 0 Å². The van der Waals surface area contributed by atoms with Crippen LogP contribution in [0.4, 0.5) is 0 Å². The van der Waals surface area contributed by atoms with Gasteiger partial charge in [0.2, 0.25) is 0 Å². The summed E-state index contributed by atoms with van der Waals surface area (Å²) < 4.78 is 2.26. The van der Waals surface area contributed by atoms with Gasteiger partial charge in [0.15, 0.2) is 0 Å². The molecule has 1 atom stereocenters. The van der Waals surface area contributed by atoms with Crippen molar-refractivity contribution >= 4 is 0 Å². The zero-order valence-corrected chi connectivity index (χ0v) is 17.0. The summed E-state index contributed by atoms with van der Waals surface area (Å²) in [5.41, 5.74) is 9.50. The first-order chi connectivity index (χ1) is 11.2. The molecule has 0 fully saturated rings. The largest absolute Gasteiger partial charge is 0.266 e. The summed E-state index contributed by atoms with van der Waals surface area (Å²) in [5.74, 6) is 0.922. The molecule has 0 aliphatic heterocycles. The predicted molar refractivity (Wildman–Crippen MR) is 105 cm³/mol. The molecule has 0 saturated heterocycles. The highest BCUT2D eigenvalue weighted by Crippen LogP contribution is 2.41. The van der Waals surface area contributed by atoms with Crippen LogP contribution in [0, 0.1) is 20.8 Å². The Bertz CT molecular complexity index is 697. The lowest BCUT2D eigenvalue weighted by atomic mass is 9.86. The second kappa shape index (κ2) is 7.13. The fourth-order valence-electron chi connectivity index (χ4n) is 3.78. The molecule has 1 heterocycles. The molecule has 0 amide bonds. The van der Waals surface area contributed by atoms with E-state index in [-0.39, 0.29) is 0 Å². The van der Waals surface area contributed by atoms with Crippen LogP contribution in [-0.4, -0.2) is 9.78 Å². The van der Waals surface area contributed by atoms with Gasteiger partial charge in [0.25, 0.3) is 0 Å². The van der Waals surface area contributed by atoms with Crippen LogP contribution in [0.5, 0.6) is 0 Å². The lowest BCUT2D eigenvalue weighted by Crippen LogP contribution is -2.09. The highest BCUT2D eigenvalue weighted by molar-refractivity contribution is 5.76. The molecule has 2 nitrogen and oxygen atoms in total. The topological polar surface area (TPSA) is 17.8 Å². The summed E-state index contributed by atoms with van der Waals surface area (Å²) in [6.07, 6.45) is 1.11. The van der Waals surface area contributed by atoms with Gasteiger partial charge in [-0.1, -0.05) is 45.4 Å². The summed E-state index contributed by atoms with van der Waals surface area (Å²) in [7, 11) is 0. The third-order valence-electron chi connectivity index (χ3n) is 5.02. The quantitative estimate of drug-likeness (QED) is 0.598. The monoisotopic (exact) mass is 326 g/mol. The van der Waals surface area contributed by atoms with Gasteiger partial charge in [-0.2, -0.15) is 5.10 Å². The van der Waals surface area contributed by atoms with E-state index in [0.29, 0.717) is 17.9 Å². The molecule has 1 aromatic heterocycles. The summed E-state index contributed by atoms with van der Waals surface area (Å²) in [6, 6.07) is 4.99. The van der Waals surface area contributed by atoms with E-state index in [4.69, 9.17) is 5.10 Å². The number of aromatic nitrogens is 2. The number of aryl methyl sites for hydroxylation is 3. The minimum atomic E-state index is 0.380. The second-order valence-corrected chi connectivity index (χ2v) is 7.92. The van der Waals surface area contributed by atoms with E-state index in [0.717, 1.165) is 6.42 Å². The third kappa shape index (κ3) is 3.29. The van der Waals surface area contributed by atoms with Crippen molar-refractivity contribution in [1.82, 2.24) is 9.78 Å². The average Bonchev–Trinajstić information content (AvgIpc) is 2.86. The molecule has 0 radical (unpaired) electrons. The molecule has 2 aromatic rings. The van der Waals surface area contributed by atoms with Crippen LogP contribution in [-0.2, 0) is 0 Å². The summed E-state index contributed by atoms with van der Waals surface area (Å²) in [4.78, 5) is 0. The molecule has 132 valence electrons. The Kier molecular flexibility index (Phi) is 5.57. The maximum Gasteiger partial charge on any atom is 0.0734 e. The van der Waals surface area contributed by atoms with Crippen LogP contribution in [0.3, 0.4) is 0 Å². The summed E-state index contributed by atoms with van der Waals surface area (Å²) in [6.45, 7) is 20.3. The van der Waals surface area contributed by atoms with Gasteiger partial charge in [0.05, 0.1) is 5.69 Å². The molecule has 0 spiro atoms. The minimum Gasteiger partial charge on any atom is -0.266 e. The first kappa shape index (κ1) is 18.8. The molecular formula is C22H34N2. The average molecular weight is 327 g/mol. The van der Waals surface area contributed by atoms with E-state index >= 15 is 0 Å². The van der Waals surface area contributed by atoms with Crippen LogP contribution in [0.2, 0.25) is 0 Å². The molecule has 0 bridgehead atoms. The molecular weight excluding hydrogens is 292 g/mol. The zero-order chi connectivity index (χ0) is 18.2. The van der Waals surface area contributed by atoms with Crippen molar-refractivity contribution in [2.24, 2.45) is 0 Å². The highest BCUT2D eigenvalue weighted by atomic mass is 15.3. The maximum absolute atomic E-state index is 5.10. The lowest BCUT2D eigenvalue weighted by molar-refractivity contribution is 0.489. The van der Waals surface area contributed by atoms with Gasteiger partial charge in [0.1, 0.15) is 0 Å². The van der Waals surface area contributed by atoms with Gasteiger partial charge in [0, 0.05) is 23.2 Å². The van der Waals surface area contributed by atoms with Gasteiger partial charge >= 0.3 is 0 Å². The maximum atomic E-state index is 5.10. The SMILES string of the molecule is CCC(C)c1nn(C(C)C)c(C(C)C)c1-c1c(C)cc(C)cc1C. The number of nitrogens with zero attached hydrogens (tertiary/aromatic N) is 2. The molecule has 24 heavy (non-hydrogen) atoms. The molecule has 0 saturated carbocycles. The van der Waals surface area contributed by atoms with Crippen molar-refractivity contribution < 1.29 is 0 Å². The minimum absolute atomic E-state index is 0.380. The van der Waals surface area contributed by atoms with Crippen LogP contribution in [0.15, 0.2) is 12.1 Å². The van der Waals surface area contributed by atoms with Gasteiger partial charge in [-0.15, -0.1) is 0 Å². The molecule has 1 aromatic carbocycles. The van der Waals surface area contributed by atoms with E-state index in [1.807, 2.05) is 0 Å². The first-order valence-corrected chi connectivity index (χ1v) is 9.39. The summed E-state index contributed by atoms with van der Waals surface area (Å²) >= 11 is 0. The normalized spacial score (nSPS) is 13.1. The number of hydrogen-bond donors (Lipinski definition) is 0. The lowest BCUT2D eigenvalue weighted by Gasteiger charge is -2.19. The van der Waals surface area contributed by atoms with E-state index in [1.54, 1.807) is 0 Å². The third-order valence-corrected chi connectivity index (χ3v) is 5.02. The van der Waals surface area contributed by atoms with Crippen molar-refractivity contribution in [3.63, 3.8) is 0 Å². The van der Waals surface area contributed by atoms with Crippen molar-refractivity contribution in [2.45, 2.75) is 86.6 Å². The van der Waals surface area contributed by atoms with Crippen LogP contribution >= 0.6 is 0 Å². The van der Waals surface area contributed by atoms with E-state index < -0.39 is 0 Å². The Balaban J connectivity index is 2.90. The Hall–Kier alpha value is -1.57. The van der Waals surface area contributed by atoms with Crippen LogP contribution in [0.25, 0.3) is 11.1 Å². The molecule has 0 aliphatic rings. The standard InChI is InChI=1S/C22H34N2/c1-10-16(7)21-20(19-17(8)11-15(6)12-18(19)9)22(13(2)3)24(23-21)14(4)5/h11-14,16H,10H2,1-9H3. The van der Waals surface area contributed by atoms with Crippen LogP contribution in [0.1, 0.15) is 93.9 Å². The Morgan fingerprint density at radius 3 is 1.88 bits per heavy atom. The van der Waals surface area contributed by atoms with Crippen molar-refractivity contribution in [1.29, 1.82) is 0 Å². The molecule has 0 N–H and O–H groups in total. The Morgan fingerprint density at radius 1 is 0.917 bits per heavy atom. The fraction of sp³-hybridized carbons (Fsp3) is 0.591.